The molecule has 0 aromatic carbocycles. The average Bonchev–Trinajstić information content (AvgIpc) is 2.11. The van der Waals surface area contributed by atoms with E-state index in [0.717, 1.165) is 6.54 Å². The fourth-order valence-electron chi connectivity index (χ4n) is 0.749. The zero-order chi connectivity index (χ0) is 11.2. The minimum absolute atomic E-state index is 0.354. The van der Waals surface area contributed by atoms with Crippen molar-refractivity contribution in [1.82, 2.24) is 10.2 Å². The molecule has 0 heterocycles. The first-order valence-electron chi connectivity index (χ1n) is 4.40. The highest BCUT2D eigenvalue weighted by molar-refractivity contribution is 5.75. The van der Waals surface area contributed by atoms with E-state index in [9.17, 15) is 13.6 Å². The Bertz CT molecular complexity index is 188. The monoisotopic (exact) mass is 210 g/mol. The Morgan fingerprint density at radius 2 is 2.14 bits per heavy atom. The van der Waals surface area contributed by atoms with Crippen LogP contribution in [0.25, 0.3) is 0 Å². The first kappa shape index (κ1) is 13.2. The molecule has 0 aromatic heterocycles. The molecule has 0 aliphatic carbocycles. The van der Waals surface area contributed by atoms with Crippen LogP contribution in [0.3, 0.4) is 0 Å². The van der Waals surface area contributed by atoms with Gasteiger partial charge in [-0.1, -0.05) is 6.92 Å². The van der Waals surface area contributed by atoms with E-state index in [2.05, 4.69) is 5.32 Å². The maximum absolute atomic E-state index is 12.5. The fourth-order valence-corrected chi connectivity index (χ4v) is 0.749. The Morgan fingerprint density at radius 3 is 2.57 bits per heavy atom. The summed E-state index contributed by atoms with van der Waals surface area (Å²) in [5, 5.41) is 10.5. The van der Waals surface area contributed by atoms with Crippen LogP contribution in [0.4, 0.5) is 8.78 Å². The number of hydrogen-bond acceptors (Lipinski definition) is 3. The molecule has 0 spiro atoms. The smallest absolute Gasteiger partial charge is 0.375 e. The van der Waals surface area contributed by atoms with E-state index < -0.39 is 18.4 Å². The average molecular weight is 210 g/mol. The number of nitrogens with one attached hydrogen (secondary N) is 1. The minimum Gasteiger partial charge on any atom is -0.477 e. The summed E-state index contributed by atoms with van der Waals surface area (Å²) in [6.45, 7) is 2.93. The summed E-state index contributed by atoms with van der Waals surface area (Å²) < 4.78 is 25.0. The Balaban J connectivity index is 3.59. The van der Waals surface area contributed by atoms with Gasteiger partial charge in [-0.25, -0.2) is 4.79 Å². The van der Waals surface area contributed by atoms with Gasteiger partial charge in [0.2, 0.25) is 0 Å². The van der Waals surface area contributed by atoms with Gasteiger partial charge in [-0.2, -0.15) is 8.78 Å². The van der Waals surface area contributed by atoms with Crippen molar-refractivity contribution in [1.29, 1.82) is 0 Å². The fraction of sp³-hybridized carbons (Fsp3) is 0.875. The van der Waals surface area contributed by atoms with Crippen molar-refractivity contribution in [2.45, 2.75) is 12.8 Å². The Labute approximate surface area is 81.9 Å². The predicted molar refractivity (Wildman–Crippen MR) is 48.6 cm³/mol. The van der Waals surface area contributed by atoms with Crippen molar-refractivity contribution in [3.8, 4) is 0 Å². The second-order valence-corrected chi connectivity index (χ2v) is 3.08. The third-order valence-corrected chi connectivity index (χ3v) is 1.87. The van der Waals surface area contributed by atoms with E-state index in [1.54, 1.807) is 0 Å². The minimum atomic E-state index is -3.68. The van der Waals surface area contributed by atoms with Crippen molar-refractivity contribution in [3.63, 3.8) is 0 Å². The van der Waals surface area contributed by atoms with Gasteiger partial charge in [0.25, 0.3) is 0 Å². The first-order valence-corrected chi connectivity index (χ1v) is 4.40. The zero-order valence-corrected chi connectivity index (χ0v) is 8.39. The van der Waals surface area contributed by atoms with Crippen LogP contribution in [0, 0.1) is 0 Å². The first-order chi connectivity index (χ1) is 6.40. The number of halogens is 2. The van der Waals surface area contributed by atoms with E-state index >= 15 is 0 Å². The summed E-state index contributed by atoms with van der Waals surface area (Å²) in [5.41, 5.74) is 0. The van der Waals surface area contributed by atoms with E-state index in [0.29, 0.717) is 13.1 Å². The third-order valence-electron chi connectivity index (χ3n) is 1.87. The van der Waals surface area contributed by atoms with E-state index in [4.69, 9.17) is 5.11 Å². The number of carboxylic acid groups (broad SMARTS) is 1. The normalized spacial score (nSPS) is 12.1. The molecule has 84 valence electrons. The van der Waals surface area contributed by atoms with Crippen molar-refractivity contribution >= 4 is 5.97 Å². The molecule has 0 bridgehead atoms. The molecule has 0 fully saturated rings. The van der Waals surface area contributed by atoms with Gasteiger partial charge in [0.15, 0.2) is 0 Å². The van der Waals surface area contributed by atoms with Gasteiger partial charge < -0.3 is 15.3 Å². The summed E-state index contributed by atoms with van der Waals surface area (Å²) in [4.78, 5) is 11.9. The van der Waals surface area contributed by atoms with E-state index in [1.807, 2.05) is 18.9 Å². The van der Waals surface area contributed by atoms with Crippen molar-refractivity contribution in [2.75, 3.05) is 33.2 Å². The number of nitrogens with zero attached hydrogens (tertiary/aromatic N) is 1. The van der Waals surface area contributed by atoms with E-state index in [1.165, 1.54) is 0 Å². The van der Waals surface area contributed by atoms with Crippen LogP contribution in [-0.4, -0.2) is 55.1 Å². The van der Waals surface area contributed by atoms with Gasteiger partial charge in [-0.05, 0) is 13.6 Å². The van der Waals surface area contributed by atoms with Crippen molar-refractivity contribution in [2.24, 2.45) is 0 Å². The standard InChI is InChI=1S/C8H16F2N2O2/c1-3-12(2)5-4-11-6-8(9,10)7(13)14/h11H,3-6H2,1-2H3,(H,13,14). The molecule has 0 aromatic rings. The lowest BCUT2D eigenvalue weighted by Gasteiger charge is -2.16. The van der Waals surface area contributed by atoms with Crippen LogP contribution in [0.1, 0.15) is 6.92 Å². The van der Waals surface area contributed by atoms with Gasteiger partial charge in [0.05, 0.1) is 6.54 Å². The molecule has 0 aliphatic heterocycles. The van der Waals surface area contributed by atoms with Gasteiger partial charge >= 0.3 is 11.9 Å². The summed E-state index contributed by atoms with van der Waals surface area (Å²) >= 11 is 0. The summed E-state index contributed by atoms with van der Waals surface area (Å²) in [7, 11) is 1.86. The molecule has 0 saturated heterocycles. The molecule has 0 saturated carbocycles. The molecular formula is C8H16F2N2O2. The molecule has 0 radical (unpaired) electrons. The van der Waals surface area contributed by atoms with E-state index in [-0.39, 0.29) is 0 Å². The number of alkyl halides is 2. The lowest BCUT2D eigenvalue weighted by Crippen LogP contribution is -2.42. The maximum Gasteiger partial charge on any atom is 0.375 e. The molecule has 4 nitrogen and oxygen atoms in total. The highest BCUT2D eigenvalue weighted by Gasteiger charge is 2.37. The Morgan fingerprint density at radius 1 is 1.57 bits per heavy atom. The van der Waals surface area contributed by atoms with Crippen molar-refractivity contribution in [3.05, 3.63) is 0 Å². The van der Waals surface area contributed by atoms with Crippen LogP contribution in [-0.2, 0) is 4.79 Å². The molecule has 0 rings (SSSR count). The molecule has 0 aliphatic rings. The van der Waals surface area contributed by atoms with Gasteiger partial charge in [0.1, 0.15) is 0 Å². The number of carbonyl (C=O) groups is 1. The Kier molecular flexibility index (Phi) is 5.56. The largest absolute Gasteiger partial charge is 0.477 e. The van der Waals surface area contributed by atoms with Crippen molar-refractivity contribution < 1.29 is 18.7 Å². The van der Waals surface area contributed by atoms with Crippen LogP contribution in [0.5, 0.6) is 0 Å². The highest BCUT2D eigenvalue weighted by Crippen LogP contribution is 2.10. The van der Waals surface area contributed by atoms with Crippen LogP contribution in [0.2, 0.25) is 0 Å². The molecular weight excluding hydrogens is 194 g/mol. The molecule has 0 atom stereocenters. The summed E-state index contributed by atoms with van der Waals surface area (Å²) in [6, 6.07) is 0. The zero-order valence-electron chi connectivity index (χ0n) is 8.39. The number of rotatable bonds is 7. The van der Waals surface area contributed by atoms with Crippen LogP contribution in [0.15, 0.2) is 0 Å². The maximum atomic E-state index is 12.5. The second kappa shape index (κ2) is 5.87. The quantitative estimate of drug-likeness (QED) is 0.591. The highest BCUT2D eigenvalue weighted by atomic mass is 19.3. The van der Waals surface area contributed by atoms with Crippen LogP contribution >= 0.6 is 0 Å². The second-order valence-electron chi connectivity index (χ2n) is 3.08. The SMILES string of the molecule is CCN(C)CCNCC(F)(F)C(=O)O. The van der Waals surface area contributed by atoms with Crippen LogP contribution < -0.4 is 5.32 Å². The Hall–Kier alpha value is -0.750. The molecule has 0 amide bonds. The number of hydrogen-bond donors (Lipinski definition) is 2. The lowest BCUT2D eigenvalue weighted by molar-refractivity contribution is -0.164. The molecule has 0 unspecified atom stereocenters. The predicted octanol–water partition coefficient (Wildman–Crippen LogP) is 0.248. The summed E-state index contributed by atoms with van der Waals surface area (Å²) in [6.07, 6.45) is 0. The number of aliphatic carboxylic acids is 1. The number of likely N-dealkylation sites (N-methyl/N-ethyl adjacent to an activating group) is 1. The molecule has 2 N–H and O–H groups in total. The summed E-state index contributed by atoms with van der Waals surface area (Å²) in [5.74, 6) is -5.76. The lowest BCUT2D eigenvalue weighted by atomic mass is 10.3. The van der Waals surface area contributed by atoms with Gasteiger partial charge in [-0.15, -0.1) is 0 Å². The topological polar surface area (TPSA) is 52.6 Å². The molecule has 6 heteroatoms. The number of carboxylic acids is 1. The molecule has 14 heavy (non-hydrogen) atoms. The van der Waals surface area contributed by atoms with Gasteiger partial charge in [-0.3, -0.25) is 0 Å². The third kappa shape index (κ3) is 5.08. The van der Waals surface area contributed by atoms with Gasteiger partial charge in [0, 0.05) is 13.1 Å².